The second-order valence-electron chi connectivity index (χ2n) is 4.79. The number of rotatable bonds is 6. The molecule has 0 bridgehead atoms. The number of hydrogen-bond acceptors (Lipinski definition) is 4. The Morgan fingerprint density at radius 1 is 1.13 bits per heavy atom. The van der Waals surface area contributed by atoms with Crippen LogP contribution in [-0.4, -0.2) is 19.4 Å². The summed E-state index contributed by atoms with van der Waals surface area (Å²) in [5.41, 5.74) is 1.00. The van der Waals surface area contributed by atoms with Crippen molar-refractivity contribution < 1.29 is 9.53 Å². The highest BCUT2D eigenvalue weighted by atomic mass is 16.5. The van der Waals surface area contributed by atoms with E-state index < -0.39 is 0 Å². The van der Waals surface area contributed by atoms with Gasteiger partial charge in [0.25, 0.3) is 0 Å². The van der Waals surface area contributed by atoms with Crippen LogP contribution in [0.2, 0.25) is 0 Å². The Hall–Kier alpha value is -2.88. The monoisotopic (exact) mass is 309 g/mol. The summed E-state index contributed by atoms with van der Waals surface area (Å²) >= 11 is 0. The fraction of sp³-hybridized carbons (Fsp3) is 0.158. The first kappa shape index (κ1) is 16.5. The van der Waals surface area contributed by atoms with Gasteiger partial charge in [-0.2, -0.15) is 0 Å². The molecule has 23 heavy (non-hydrogen) atoms. The normalized spacial score (nSPS) is 10.5. The Bertz CT molecular complexity index is 781. The van der Waals surface area contributed by atoms with E-state index in [0.717, 1.165) is 5.56 Å². The molecule has 0 heterocycles. The maximum atomic E-state index is 12.4. The number of para-hydroxylation sites is 1. The smallest absolute Gasteiger partial charge is 0.212 e. The average molecular weight is 309 g/mol. The quantitative estimate of drug-likeness (QED) is 0.656. The van der Waals surface area contributed by atoms with E-state index in [1.165, 1.54) is 12.1 Å². The van der Waals surface area contributed by atoms with Crippen LogP contribution in [0.1, 0.15) is 22.8 Å². The fourth-order valence-corrected chi connectivity index (χ4v) is 2.15. The summed E-state index contributed by atoms with van der Waals surface area (Å²) in [5, 5.41) is 2.80. The molecule has 4 heteroatoms. The lowest BCUT2D eigenvalue weighted by atomic mass is 10.1. The van der Waals surface area contributed by atoms with Gasteiger partial charge in [-0.1, -0.05) is 30.3 Å². The molecule has 0 fully saturated rings. The summed E-state index contributed by atoms with van der Waals surface area (Å²) in [6.07, 6.45) is 3.06. The molecule has 0 atom stereocenters. The van der Waals surface area contributed by atoms with Crippen LogP contribution in [0.5, 0.6) is 5.75 Å². The molecule has 0 amide bonds. The van der Waals surface area contributed by atoms with Gasteiger partial charge in [-0.3, -0.25) is 9.59 Å². The van der Waals surface area contributed by atoms with Gasteiger partial charge < -0.3 is 10.1 Å². The van der Waals surface area contributed by atoms with Gasteiger partial charge in [-0.05, 0) is 37.3 Å². The standard InChI is InChI=1S/C19H19NO3/c1-3-23-18-11-7-4-8-14(18)12-13-17(21)15-9-5-6-10-16(20-2)19(15)22/h4-13H,3H2,1-2H3,(H,20,22)/b13-12+. The van der Waals surface area contributed by atoms with E-state index in [9.17, 15) is 9.59 Å². The first-order valence-corrected chi connectivity index (χ1v) is 7.42. The molecule has 4 nitrogen and oxygen atoms in total. The highest BCUT2D eigenvalue weighted by Crippen LogP contribution is 2.19. The van der Waals surface area contributed by atoms with Crippen molar-refractivity contribution in [1.29, 1.82) is 0 Å². The van der Waals surface area contributed by atoms with Crippen LogP contribution in [0.15, 0.2) is 59.4 Å². The zero-order valence-electron chi connectivity index (χ0n) is 13.2. The van der Waals surface area contributed by atoms with E-state index in [4.69, 9.17) is 4.74 Å². The maximum absolute atomic E-state index is 12.4. The van der Waals surface area contributed by atoms with Crippen molar-refractivity contribution in [3.8, 4) is 5.75 Å². The highest BCUT2D eigenvalue weighted by molar-refractivity contribution is 6.07. The topological polar surface area (TPSA) is 55.4 Å². The average Bonchev–Trinajstić information content (AvgIpc) is 2.75. The van der Waals surface area contributed by atoms with Gasteiger partial charge in [0.05, 0.1) is 17.9 Å². The number of hydrogen-bond donors (Lipinski definition) is 1. The molecule has 0 aliphatic carbocycles. The van der Waals surface area contributed by atoms with Crippen molar-refractivity contribution in [3.63, 3.8) is 0 Å². The third kappa shape index (κ3) is 4.07. The van der Waals surface area contributed by atoms with Crippen LogP contribution in [0.4, 0.5) is 5.69 Å². The molecular weight excluding hydrogens is 290 g/mol. The number of nitrogens with one attached hydrogen (secondary N) is 1. The minimum absolute atomic E-state index is 0.129. The summed E-state index contributed by atoms with van der Waals surface area (Å²) in [6, 6.07) is 14.0. The molecule has 0 aliphatic heterocycles. The van der Waals surface area contributed by atoms with E-state index in [-0.39, 0.29) is 16.8 Å². The number of carbonyl (C=O) groups excluding carboxylic acids is 1. The SMILES string of the molecule is CCOc1ccccc1/C=C/C(=O)c1ccccc(NC)c1=O. The summed E-state index contributed by atoms with van der Waals surface area (Å²) in [6.45, 7) is 2.45. The van der Waals surface area contributed by atoms with E-state index in [1.54, 1.807) is 31.3 Å². The van der Waals surface area contributed by atoms with Crippen molar-refractivity contribution in [3.05, 3.63) is 76.0 Å². The van der Waals surface area contributed by atoms with Crippen LogP contribution in [-0.2, 0) is 0 Å². The summed E-state index contributed by atoms with van der Waals surface area (Å²) in [5.74, 6) is 0.366. The number of allylic oxidation sites excluding steroid dienone is 1. The molecule has 2 aromatic rings. The van der Waals surface area contributed by atoms with Crippen molar-refractivity contribution >= 4 is 17.5 Å². The minimum Gasteiger partial charge on any atom is -0.493 e. The second-order valence-corrected chi connectivity index (χ2v) is 4.79. The van der Waals surface area contributed by atoms with Gasteiger partial charge >= 0.3 is 0 Å². The van der Waals surface area contributed by atoms with Gasteiger partial charge in [-0.15, -0.1) is 0 Å². The molecule has 118 valence electrons. The number of anilines is 1. The number of benzene rings is 1. The van der Waals surface area contributed by atoms with E-state index in [0.29, 0.717) is 18.0 Å². The Labute approximate surface area is 135 Å². The number of ether oxygens (including phenoxy) is 1. The van der Waals surface area contributed by atoms with E-state index >= 15 is 0 Å². The second kappa shape index (κ2) is 7.94. The lowest BCUT2D eigenvalue weighted by Gasteiger charge is -2.05. The molecule has 0 spiro atoms. The Morgan fingerprint density at radius 3 is 2.57 bits per heavy atom. The molecule has 2 aromatic carbocycles. The zero-order valence-corrected chi connectivity index (χ0v) is 13.2. The largest absolute Gasteiger partial charge is 0.493 e. The van der Waals surface area contributed by atoms with E-state index in [2.05, 4.69) is 5.32 Å². The molecule has 0 aliphatic rings. The predicted molar refractivity (Wildman–Crippen MR) is 93.2 cm³/mol. The van der Waals surface area contributed by atoms with Crippen LogP contribution in [0, 0.1) is 0 Å². The third-order valence-electron chi connectivity index (χ3n) is 3.29. The first-order valence-electron chi connectivity index (χ1n) is 7.42. The summed E-state index contributed by atoms with van der Waals surface area (Å²) < 4.78 is 5.52. The molecule has 1 N–H and O–H groups in total. The molecule has 0 aromatic heterocycles. The van der Waals surface area contributed by atoms with Gasteiger partial charge in [0, 0.05) is 12.6 Å². The van der Waals surface area contributed by atoms with Gasteiger partial charge in [0.2, 0.25) is 5.43 Å². The Balaban J connectivity index is 2.34. The van der Waals surface area contributed by atoms with Gasteiger partial charge in [0.15, 0.2) is 5.78 Å². The van der Waals surface area contributed by atoms with Crippen molar-refractivity contribution in [2.75, 3.05) is 19.0 Å². The minimum atomic E-state index is -0.339. The lowest BCUT2D eigenvalue weighted by Crippen LogP contribution is -2.14. The van der Waals surface area contributed by atoms with Crippen LogP contribution < -0.4 is 15.5 Å². The van der Waals surface area contributed by atoms with Crippen molar-refractivity contribution in [1.82, 2.24) is 0 Å². The molecule has 0 saturated heterocycles. The molecular formula is C19H19NO3. The summed E-state index contributed by atoms with van der Waals surface area (Å²) in [4.78, 5) is 24.6. The highest BCUT2D eigenvalue weighted by Gasteiger charge is 2.09. The molecule has 0 saturated carbocycles. The first-order chi connectivity index (χ1) is 11.2. The molecule has 2 rings (SSSR count). The fourth-order valence-electron chi connectivity index (χ4n) is 2.15. The molecule has 0 radical (unpaired) electrons. The van der Waals surface area contributed by atoms with Crippen LogP contribution in [0.25, 0.3) is 6.08 Å². The van der Waals surface area contributed by atoms with Crippen LogP contribution in [0.3, 0.4) is 0 Å². The van der Waals surface area contributed by atoms with Gasteiger partial charge in [0.1, 0.15) is 5.75 Å². The lowest BCUT2D eigenvalue weighted by molar-refractivity contribution is 0.104. The van der Waals surface area contributed by atoms with Crippen molar-refractivity contribution in [2.24, 2.45) is 0 Å². The maximum Gasteiger partial charge on any atom is 0.212 e. The molecule has 0 unspecified atom stereocenters. The Morgan fingerprint density at radius 2 is 1.83 bits per heavy atom. The summed E-state index contributed by atoms with van der Waals surface area (Å²) in [7, 11) is 1.65. The number of carbonyl (C=O) groups is 1. The van der Waals surface area contributed by atoms with E-state index in [1.807, 2.05) is 31.2 Å². The Kier molecular flexibility index (Phi) is 5.69. The predicted octanol–water partition coefficient (Wildman–Crippen LogP) is 3.38. The van der Waals surface area contributed by atoms with Crippen LogP contribution >= 0.6 is 0 Å². The third-order valence-corrected chi connectivity index (χ3v) is 3.29. The zero-order chi connectivity index (χ0) is 16.7. The number of ketones is 1. The van der Waals surface area contributed by atoms with Crippen molar-refractivity contribution in [2.45, 2.75) is 6.92 Å². The van der Waals surface area contributed by atoms with Gasteiger partial charge in [-0.25, -0.2) is 0 Å².